The summed E-state index contributed by atoms with van der Waals surface area (Å²) in [6, 6.07) is 9.72. The van der Waals surface area contributed by atoms with E-state index in [1.807, 2.05) is 30.3 Å². The molecule has 0 N–H and O–H groups in total. The van der Waals surface area contributed by atoms with Crippen molar-refractivity contribution in [3.63, 3.8) is 0 Å². The second kappa shape index (κ2) is 7.05. The van der Waals surface area contributed by atoms with Gasteiger partial charge < -0.3 is 9.47 Å². The van der Waals surface area contributed by atoms with Crippen molar-refractivity contribution in [1.29, 1.82) is 0 Å². The van der Waals surface area contributed by atoms with Crippen LogP contribution in [0.4, 0.5) is 0 Å². The van der Waals surface area contributed by atoms with Gasteiger partial charge in [-0.05, 0) is 19.5 Å². The van der Waals surface area contributed by atoms with E-state index in [2.05, 4.69) is 4.74 Å². The van der Waals surface area contributed by atoms with Crippen LogP contribution in [0, 0.1) is 0 Å². The Kier molecular flexibility index (Phi) is 5.70. The number of carbonyl (C=O) groups excluding carboxylic acids is 2. The molecule has 0 spiro atoms. The summed E-state index contributed by atoms with van der Waals surface area (Å²) in [5.74, 6) is -0.904. The van der Waals surface area contributed by atoms with Gasteiger partial charge in [0.25, 0.3) is 0 Å². The highest BCUT2D eigenvalue weighted by molar-refractivity contribution is 5.86. The van der Waals surface area contributed by atoms with E-state index in [1.54, 1.807) is 18.9 Å². The summed E-state index contributed by atoms with van der Waals surface area (Å²) in [4.78, 5) is 25.4. The number of nitrogens with zero attached hydrogens (tertiary/aromatic N) is 1. The van der Waals surface area contributed by atoms with Crippen molar-refractivity contribution in [3.8, 4) is 0 Å². The average molecular weight is 279 g/mol. The molecule has 0 saturated carbocycles. The molecule has 5 nitrogen and oxygen atoms in total. The molecule has 110 valence electrons. The van der Waals surface area contributed by atoms with E-state index in [0.29, 0.717) is 6.54 Å². The molecule has 0 fully saturated rings. The Balaban J connectivity index is 2.92. The summed E-state index contributed by atoms with van der Waals surface area (Å²) < 4.78 is 9.50. The fourth-order valence-electron chi connectivity index (χ4n) is 1.97. The maximum atomic E-state index is 12.0. The van der Waals surface area contributed by atoms with Crippen molar-refractivity contribution in [1.82, 2.24) is 4.90 Å². The summed E-state index contributed by atoms with van der Waals surface area (Å²) in [5, 5.41) is 0. The van der Waals surface area contributed by atoms with E-state index < -0.39 is 17.5 Å². The number of likely N-dealkylation sites (N-methyl/N-ethyl adjacent to an activating group) is 1. The van der Waals surface area contributed by atoms with Crippen LogP contribution in [0.2, 0.25) is 0 Å². The van der Waals surface area contributed by atoms with Crippen LogP contribution in [-0.2, 0) is 25.6 Å². The van der Waals surface area contributed by atoms with Crippen molar-refractivity contribution in [3.05, 3.63) is 35.9 Å². The fraction of sp³-hybridized carbons (Fsp3) is 0.467. The summed E-state index contributed by atoms with van der Waals surface area (Å²) in [6.45, 7) is 2.21. The van der Waals surface area contributed by atoms with Gasteiger partial charge in [0.1, 0.15) is 5.54 Å². The van der Waals surface area contributed by atoms with Crippen LogP contribution in [0.25, 0.3) is 0 Å². The zero-order valence-corrected chi connectivity index (χ0v) is 12.4. The van der Waals surface area contributed by atoms with Gasteiger partial charge >= 0.3 is 11.9 Å². The monoisotopic (exact) mass is 279 g/mol. The van der Waals surface area contributed by atoms with Crippen molar-refractivity contribution >= 4 is 11.9 Å². The third kappa shape index (κ3) is 3.81. The van der Waals surface area contributed by atoms with Crippen molar-refractivity contribution in [2.24, 2.45) is 0 Å². The molecule has 0 aliphatic carbocycles. The minimum Gasteiger partial charge on any atom is -0.469 e. The number of benzene rings is 1. The first-order valence-corrected chi connectivity index (χ1v) is 6.34. The maximum Gasteiger partial charge on any atom is 0.326 e. The molecule has 0 aliphatic rings. The Morgan fingerprint density at radius 2 is 1.75 bits per heavy atom. The highest BCUT2D eigenvalue weighted by Gasteiger charge is 2.41. The third-order valence-electron chi connectivity index (χ3n) is 3.45. The molecule has 0 radical (unpaired) electrons. The number of rotatable bonds is 6. The Labute approximate surface area is 119 Å². The van der Waals surface area contributed by atoms with Gasteiger partial charge in [-0.25, -0.2) is 0 Å². The molecule has 1 atom stereocenters. The predicted molar refractivity (Wildman–Crippen MR) is 75.0 cm³/mol. The molecule has 0 bridgehead atoms. The van der Waals surface area contributed by atoms with Gasteiger partial charge in [-0.1, -0.05) is 30.3 Å². The van der Waals surface area contributed by atoms with E-state index >= 15 is 0 Å². The lowest BCUT2D eigenvalue weighted by Gasteiger charge is -2.35. The molecule has 5 heteroatoms. The van der Waals surface area contributed by atoms with E-state index in [4.69, 9.17) is 4.74 Å². The zero-order chi connectivity index (χ0) is 15.2. The van der Waals surface area contributed by atoms with Gasteiger partial charge in [0.05, 0.1) is 20.6 Å². The molecule has 0 aliphatic heterocycles. The lowest BCUT2D eigenvalue weighted by atomic mass is 9.95. The van der Waals surface area contributed by atoms with Gasteiger partial charge in [0.2, 0.25) is 0 Å². The average Bonchev–Trinajstić information content (AvgIpc) is 2.46. The van der Waals surface area contributed by atoms with E-state index in [1.165, 1.54) is 14.2 Å². The van der Waals surface area contributed by atoms with Crippen LogP contribution in [0.3, 0.4) is 0 Å². The molecular formula is C15H21NO4. The number of hydrogen-bond donors (Lipinski definition) is 0. The van der Waals surface area contributed by atoms with Crippen LogP contribution in [0.15, 0.2) is 30.3 Å². The van der Waals surface area contributed by atoms with Gasteiger partial charge in [0.15, 0.2) is 0 Å². The van der Waals surface area contributed by atoms with Gasteiger partial charge in [-0.2, -0.15) is 0 Å². The Hall–Kier alpha value is -1.88. The number of carbonyl (C=O) groups is 2. The molecule has 1 rings (SSSR count). The normalized spacial score (nSPS) is 13.7. The predicted octanol–water partition coefficient (Wildman–Crippen LogP) is 1.61. The maximum absolute atomic E-state index is 12.0. The molecule has 20 heavy (non-hydrogen) atoms. The largest absolute Gasteiger partial charge is 0.469 e. The molecule has 1 aromatic carbocycles. The highest BCUT2D eigenvalue weighted by Crippen LogP contribution is 2.22. The summed E-state index contributed by atoms with van der Waals surface area (Å²) in [5.41, 5.74) is -0.00693. The summed E-state index contributed by atoms with van der Waals surface area (Å²) in [7, 11) is 4.40. The molecule has 0 saturated heterocycles. The number of hydrogen-bond acceptors (Lipinski definition) is 5. The SMILES string of the molecule is COC(=O)C[C@@](C)(C(=O)OC)N(C)Cc1ccccc1. The van der Waals surface area contributed by atoms with Crippen molar-refractivity contribution in [2.45, 2.75) is 25.4 Å². The lowest BCUT2D eigenvalue weighted by molar-refractivity contribution is -0.160. The number of ether oxygens (including phenoxy) is 2. The minimum atomic E-state index is -1.06. The second-order valence-corrected chi connectivity index (χ2v) is 4.86. The molecule has 0 amide bonds. The number of esters is 2. The first-order valence-electron chi connectivity index (χ1n) is 6.34. The van der Waals surface area contributed by atoms with Gasteiger partial charge in [-0.3, -0.25) is 14.5 Å². The highest BCUT2D eigenvalue weighted by atomic mass is 16.5. The van der Waals surface area contributed by atoms with E-state index in [-0.39, 0.29) is 6.42 Å². The van der Waals surface area contributed by atoms with Crippen LogP contribution in [-0.4, -0.2) is 43.6 Å². The topological polar surface area (TPSA) is 55.8 Å². The molecule has 1 aromatic rings. The summed E-state index contributed by atoms with van der Waals surface area (Å²) >= 11 is 0. The van der Waals surface area contributed by atoms with Gasteiger partial charge in [-0.15, -0.1) is 0 Å². The first-order chi connectivity index (χ1) is 9.43. The van der Waals surface area contributed by atoms with Crippen LogP contribution in [0.5, 0.6) is 0 Å². The number of methoxy groups -OCH3 is 2. The zero-order valence-electron chi connectivity index (χ0n) is 12.4. The van der Waals surface area contributed by atoms with E-state index in [0.717, 1.165) is 5.56 Å². The Morgan fingerprint density at radius 3 is 2.25 bits per heavy atom. The quantitative estimate of drug-likeness (QED) is 0.741. The van der Waals surface area contributed by atoms with Gasteiger partial charge in [0, 0.05) is 6.54 Å². The van der Waals surface area contributed by atoms with Crippen molar-refractivity contribution < 1.29 is 19.1 Å². The smallest absolute Gasteiger partial charge is 0.326 e. The van der Waals surface area contributed by atoms with Crippen LogP contribution < -0.4 is 0 Å². The Bertz CT molecular complexity index is 460. The van der Waals surface area contributed by atoms with E-state index in [9.17, 15) is 9.59 Å². The lowest BCUT2D eigenvalue weighted by Crippen LogP contribution is -2.52. The fourth-order valence-corrected chi connectivity index (χ4v) is 1.97. The molecule has 0 aromatic heterocycles. The standard InChI is InChI=1S/C15H21NO4/c1-15(14(18)20-4,10-13(17)19-3)16(2)11-12-8-6-5-7-9-12/h5-9H,10-11H2,1-4H3/t15-/m0/s1. The first kappa shape index (κ1) is 16.2. The third-order valence-corrected chi connectivity index (χ3v) is 3.45. The molecular weight excluding hydrogens is 258 g/mol. The molecule has 0 unspecified atom stereocenters. The minimum absolute atomic E-state index is 0.0560. The molecule has 0 heterocycles. The Morgan fingerprint density at radius 1 is 1.15 bits per heavy atom. The van der Waals surface area contributed by atoms with Crippen molar-refractivity contribution in [2.75, 3.05) is 21.3 Å². The summed E-state index contributed by atoms with van der Waals surface area (Å²) in [6.07, 6.45) is -0.0560. The second-order valence-electron chi connectivity index (χ2n) is 4.86. The van der Waals surface area contributed by atoms with Crippen LogP contribution >= 0.6 is 0 Å². The van der Waals surface area contributed by atoms with Crippen LogP contribution in [0.1, 0.15) is 18.9 Å².